The van der Waals surface area contributed by atoms with Crippen LogP contribution in [0.3, 0.4) is 0 Å². The van der Waals surface area contributed by atoms with Crippen LogP contribution in [0.5, 0.6) is 0 Å². The van der Waals surface area contributed by atoms with E-state index in [9.17, 15) is 0 Å². The summed E-state index contributed by atoms with van der Waals surface area (Å²) in [5.74, 6) is 0. The van der Waals surface area contributed by atoms with Crippen molar-refractivity contribution >= 4 is 6.08 Å². The van der Waals surface area contributed by atoms with Crippen molar-refractivity contribution in [1.82, 2.24) is 10.2 Å². The number of benzene rings is 1. The lowest BCUT2D eigenvalue weighted by atomic mass is 10.1. The summed E-state index contributed by atoms with van der Waals surface area (Å²) in [6.07, 6.45) is 3.57. The number of rotatable bonds is 2. The van der Waals surface area contributed by atoms with E-state index >= 15 is 0 Å². The topological polar surface area (TPSA) is 28.7 Å². The molecule has 1 aromatic carbocycles. The van der Waals surface area contributed by atoms with E-state index in [0.717, 1.165) is 16.8 Å². The molecule has 2 rings (SSSR count). The van der Waals surface area contributed by atoms with Crippen LogP contribution in [0.2, 0.25) is 0 Å². The lowest BCUT2D eigenvalue weighted by Gasteiger charge is -1.97. The Kier molecular flexibility index (Phi) is 1.96. The monoisotopic (exact) mass is 170 g/mol. The van der Waals surface area contributed by atoms with E-state index in [4.69, 9.17) is 0 Å². The minimum Gasteiger partial charge on any atom is -0.277 e. The van der Waals surface area contributed by atoms with E-state index in [-0.39, 0.29) is 0 Å². The van der Waals surface area contributed by atoms with Gasteiger partial charge in [-0.05, 0) is 0 Å². The first kappa shape index (κ1) is 7.80. The second-order valence-electron chi connectivity index (χ2n) is 2.77. The van der Waals surface area contributed by atoms with Crippen molar-refractivity contribution in [2.45, 2.75) is 0 Å². The van der Waals surface area contributed by atoms with Gasteiger partial charge in [0.05, 0.1) is 11.9 Å². The van der Waals surface area contributed by atoms with E-state index in [0.29, 0.717) is 0 Å². The van der Waals surface area contributed by atoms with Gasteiger partial charge in [0.1, 0.15) is 0 Å². The molecule has 0 aliphatic heterocycles. The van der Waals surface area contributed by atoms with Crippen LogP contribution in [-0.4, -0.2) is 10.2 Å². The summed E-state index contributed by atoms with van der Waals surface area (Å²) >= 11 is 0. The first-order valence-corrected chi connectivity index (χ1v) is 4.13. The molecule has 2 nitrogen and oxygen atoms in total. The van der Waals surface area contributed by atoms with Gasteiger partial charge in [0.25, 0.3) is 0 Å². The van der Waals surface area contributed by atoms with E-state index < -0.39 is 0 Å². The Morgan fingerprint density at radius 1 is 1.23 bits per heavy atom. The molecule has 0 radical (unpaired) electrons. The molecule has 64 valence electrons. The van der Waals surface area contributed by atoms with Crippen LogP contribution in [0.4, 0.5) is 0 Å². The van der Waals surface area contributed by atoms with Crippen molar-refractivity contribution in [3.8, 4) is 11.3 Å². The van der Waals surface area contributed by atoms with E-state index in [1.54, 1.807) is 12.3 Å². The lowest BCUT2D eigenvalue weighted by Crippen LogP contribution is -1.79. The van der Waals surface area contributed by atoms with E-state index in [1.165, 1.54) is 0 Å². The Morgan fingerprint density at radius 3 is 2.69 bits per heavy atom. The molecule has 0 fully saturated rings. The summed E-state index contributed by atoms with van der Waals surface area (Å²) in [7, 11) is 0. The molecule has 1 heterocycles. The van der Waals surface area contributed by atoms with Crippen molar-refractivity contribution in [1.29, 1.82) is 0 Å². The summed E-state index contributed by atoms with van der Waals surface area (Å²) in [4.78, 5) is 0. The van der Waals surface area contributed by atoms with Crippen LogP contribution in [0.1, 0.15) is 5.56 Å². The fourth-order valence-electron chi connectivity index (χ4n) is 1.29. The molecule has 2 heteroatoms. The van der Waals surface area contributed by atoms with E-state index in [1.807, 2.05) is 30.3 Å². The van der Waals surface area contributed by atoms with Gasteiger partial charge in [-0.2, -0.15) is 5.10 Å². The van der Waals surface area contributed by atoms with Gasteiger partial charge in [-0.3, -0.25) is 5.10 Å². The van der Waals surface area contributed by atoms with Crippen molar-refractivity contribution in [3.05, 3.63) is 48.7 Å². The molecule has 0 amide bonds. The molecule has 1 aromatic heterocycles. The normalized spacial score (nSPS) is 9.85. The zero-order chi connectivity index (χ0) is 9.10. The third-order valence-corrected chi connectivity index (χ3v) is 1.95. The van der Waals surface area contributed by atoms with Gasteiger partial charge in [0, 0.05) is 11.1 Å². The zero-order valence-corrected chi connectivity index (χ0v) is 7.20. The van der Waals surface area contributed by atoms with Gasteiger partial charge >= 0.3 is 0 Å². The van der Waals surface area contributed by atoms with Crippen molar-refractivity contribution in [2.24, 2.45) is 0 Å². The Labute approximate surface area is 76.9 Å². The van der Waals surface area contributed by atoms with Crippen LogP contribution in [-0.2, 0) is 0 Å². The average molecular weight is 170 g/mol. The van der Waals surface area contributed by atoms with Gasteiger partial charge in [0.15, 0.2) is 0 Å². The van der Waals surface area contributed by atoms with Crippen LogP contribution < -0.4 is 0 Å². The highest BCUT2D eigenvalue weighted by Crippen LogP contribution is 2.20. The standard InChI is InChI=1S/C11H10N2/c1-2-9-8-12-13-11(9)10-6-4-3-5-7-10/h2-8H,1H2,(H,12,13). The molecule has 0 aliphatic carbocycles. The van der Waals surface area contributed by atoms with Gasteiger partial charge in [-0.15, -0.1) is 0 Å². The molecule has 0 bridgehead atoms. The maximum Gasteiger partial charge on any atom is 0.0722 e. The Morgan fingerprint density at radius 2 is 2.00 bits per heavy atom. The second kappa shape index (κ2) is 3.27. The number of aromatic nitrogens is 2. The van der Waals surface area contributed by atoms with Crippen molar-refractivity contribution < 1.29 is 0 Å². The van der Waals surface area contributed by atoms with Gasteiger partial charge < -0.3 is 0 Å². The molecule has 0 aliphatic rings. The second-order valence-corrected chi connectivity index (χ2v) is 2.77. The molecule has 0 saturated carbocycles. The molecule has 0 spiro atoms. The zero-order valence-electron chi connectivity index (χ0n) is 7.20. The highest BCUT2D eigenvalue weighted by atomic mass is 15.1. The fraction of sp³-hybridized carbons (Fsp3) is 0. The maximum atomic E-state index is 3.97. The largest absolute Gasteiger partial charge is 0.277 e. The fourth-order valence-corrected chi connectivity index (χ4v) is 1.29. The Bertz CT molecular complexity index is 401. The number of hydrogen-bond donors (Lipinski definition) is 1. The van der Waals surface area contributed by atoms with Crippen LogP contribution in [0, 0.1) is 0 Å². The molecule has 0 saturated heterocycles. The number of nitrogens with one attached hydrogen (secondary N) is 1. The van der Waals surface area contributed by atoms with Gasteiger partial charge in [0.2, 0.25) is 0 Å². The van der Waals surface area contributed by atoms with Gasteiger partial charge in [-0.1, -0.05) is 43.0 Å². The van der Waals surface area contributed by atoms with Crippen LogP contribution in [0.15, 0.2) is 43.1 Å². The van der Waals surface area contributed by atoms with Crippen LogP contribution in [0.25, 0.3) is 17.3 Å². The summed E-state index contributed by atoms with van der Waals surface area (Å²) in [5, 5.41) is 6.92. The summed E-state index contributed by atoms with van der Waals surface area (Å²) in [5.41, 5.74) is 3.19. The summed E-state index contributed by atoms with van der Waals surface area (Å²) < 4.78 is 0. The Balaban J connectivity index is 2.52. The van der Waals surface area contributed by atoms with Gasteiger partial charge in [-0.25, -0.2) is 0 Å². The minimum atomic E-state index is 1.02. The number of hydrogen-bond acceptors (Lipinski definition) is 1. The van der Waals surface area contributed by atoms with Crippen molar-refractivity contribution in [2.75, 3.05) is 0 Å². The summed E-state index contributed by atoms with van der Waals surface area (Å²) in [6, 6.07) is 10.1. The molecular weight excluding hydrogens is 160 g/mol. The maximum absolute atomic E-state index is 3.97. The van der Waals surface area contributed by atoms with E-state index in [2.05, 4.69) is 16.8 Å². The average Bonchev–Trinajstić information content (AvgIpc) is 2.67. The lowest BCUT2D eigenvalue weighted by molar-refractivity contribution is 1.10. The molecule has 0 unspecified atom stereocenters. The number of H-pyrrole nitrogens is 1. The molecule has 1 N–H and O–H groups in total. The highest BCUT2D eigenvalue weighted by Gasteiger charge is 2.02. The molecule has 0 atom stereocenters. The molecular formula is C11H10N2. The van der Waals surface area contributed by atoms with Crippen molar-refractivity contribution in [3.63, 3.8) is 0 Å². The molecule has 2 aromatic rings. The quantitative estimate of drug-likeness (QED) is 0.737. The summed E-state index contributed by atoms with van der Waals surface area (Å²) in [6.45, 7) is 3.73. The molecule has 13 heavy (non-hydrogen) atoms. The SMILES string of the molecule is C=Cc1cn[nH]c1-c1ccccc1. The first-order chi connectivity index (χ1) is 6.42. The van der Waals surface area contributed by atoms with Crippen LogP contribution >= 0.6 is 0 Å². The first-order valence-electron chi connectivity index (χ1n) is 4.13. The third-order valence-electron chi connectivity index (χ3n) is 1.95. The highest BCUT2D eigenvalue weighted by molar-refractivity contribution is 5.70. The smallest absolute Gasteiger partial charge is 0.0722 e. The predicted molar refractivity (Wildman–Crippen MR) is 54.1 cm³/mol. The Hall–Kier alpha value is -1.83. The number of aromatic amines is 1. The predicted octanol–water partition coefficient (Wildman–Crippen LogP) is 2.72. The number of nitrogens with zero attached hydrogens (tertiary/aromatic N) is 1. The minimum absolute atomic E-state index is 1.02. The third kappa shape index (κ3) is 1.38.